The van der Waals surface area contributed by atoms with E-state index in [1.807, 2.05) is 30.5 Å². The second kappa shape index (κ2) is 6.03. The van der Waals surface area contributed by atoms with Gasteiger partial charge in [0.05, 0.1) is 18.4 Å². The smallest absolute Gasteiger partial charge is 0.120 e. The summed E-state index contributed by atoms with van der Waals surface area (Å²) in [7, 11) is 0. The van der Waals surface area contributed by atoms with Crippen LogP contribution >= 0.6 is 11.6 Å². The summed E-state index contributed by atoms with van der Waals surface area (Å²) >= 11 is 6.15. The average molecular weight is 264 g/mol. The average Bonchev–Trinajstić information content (AvgIpc) is 2.78. The molecule has 0 bridgehead atoms. The first-order valence-electron chi connectivity index (χ1n) is 6.16. The van der Waals surface area contributed by atoms with Gasteiger partial charge in [0.25, 0.3) is 0 Å². The highest BCUT2D eigenvalue weighted by atomic mass is 35.5. The summed E-state index contributed by atoms with van der Waals surface area (Å²) in [5.41, 5.74) is 1.95. The van der Waals surface area contributed by atoms with Gasteiger partial charge >= 0.3 is 0 Å². The van der Waals surface area contributed by atoms with Crippen molar-refractivity contribution in [3.8, 4) is 11.3 Å². The highest BCUT2D eigenvalue weighted by Crippen LogP contribution is 2.25. The molecule has 1 aromatic carbocycles. The van der Waals surface area contributed by atoms with Crippen LogP contribution in [0.5, 0.6) is 0 Å². The number of aromatic nitrogens is 2. The molecule has 1 aromatic heterocycles. The Kier molecular flexibility index (Phi) is 4.39. The lowest BCUT2D eigenvalue weighted by molar-refractivity contribution is 0.545. The number of nitrogens with one attached hydrogen (secondary N) is 2. The minimum atomic E-state index is 0.642. The van der Waals surface area contributed by atoms with Gasteiger partial charge in [-0.3, -0.25) is 0 Å². The Morgan fingerprint density at radius 3 is 2.83 bits per heavy atom. The molecule has 0 aliphatic carbocycles. The Labute approximate surface area is 113 Å². The quantitative estimate of drug-likeness (QED) is 0.867. The molecule has 0 fully saturated rings. The van der Waals surface area contributed by atoms with Crippen molar-refractivity contribution in [3.05, 3.63) is 41.3 Å². The minimum absolute atomic E-state index is 0.642. The number of rotatable bonds is 5. The molecule has 0 unspecified atom stereocenters. The van der Waals surface area contributed by atoms with Crippen LogP contribution in [-0.2, 0) is 6.54 Å². The fourth-order valence-electron chi connectivity index (χ4n) is 1.75. The zero-order valence-electron chi connectivity index (χ0n) is 10.7. The van der Waals surface area contributed by atoms with E-state index in [0.29, 0.717) is 5.92 Å². The van der Waals surface area contributed by atoms with Crippen molar-refractivity contribution in [1.82, 2.24) is 15.3 Å². The monoisotopic (exact) mass is 263 g/mol. The molecule has 0 aliphatic heterocycles. The number of H-pyrrole nitrogens is 1. The molecule has 96 valence electrons. The molecule has 0 saturated heterocycles. The van der Waals surface area contributed by atoms with Crippen LogP contribution in [0.25, 0.3) is 11.3 Å². The molecule has 3 nitrogen and oxygen atoms in total. The highest BCUT2D eigenvalue weighted by Gasteiger charge is 2.06. The second-order valence-electron chi connectivity index (χ2n) is 4.75. The Morgan fingerprint density at radius 1 is 1.33 bits per heavy atom. The van der Waals surface area contributed by atoms with E-state index < -0.39 is 0 Å². The molecule has 1 heterocycles. The number of nitrogens with zero attached hydrogens (tertiary/aromatic N) is 1. The summed E-state index contributed by atoms with van der Waals surface area (Å²) < 4.78 is 0. The third kappa shape index (κ3) is 3.34. The molecular formula is C14H18ClN3. The fourth-order valence-corrected chi connectivity index (χ4v) is 1.99. The number of imidazole rings is 1. The topological polar surface area (TPSA) is 40.7 Å². The number of hydrogen-bond donors (Lipinski definition) is 2. The van der Waals surface area contributed by atoms with Gasteiger partial charge in [0.15, 0.2) is 0 Å². The lowest BCUT2D eigenvalue weighted by Crippen LogP contribution is -2.19. The predicted octanol–water partition coefficient (Wildman–Crippen LogP) is 3.48. The Balaban J connectivity index is 2.04. The van der Waals surface area contributed by atoms with Crippen LogP contribution in [0.15, 0.2) is 30.5 Å². The molecule has 2 rings (SSSR count). The number of benzene rings is 1. The van der Waals surface area contributed by atoms with Crippen LogP contribution < -0.4 is 5.32 Å². The van der Waals surface area contributed by atoms with Gasteiger partial charge in [-0.2, -0.15) is 0 Å². The molecular weight excluding hydrogens is 246 g/mol. The second-order valence-corrected chi connectivity index (χ2v) is 5.16. The number of hydrogen-bond acceptors (Lipinski definition) is 2. The summed E-state index contributed by atoms with van der Waals surface area (Å²) in [6, 6.07) is 7.77. The number of halogens is 1. The summed E-state index contributed by atoms with van der Waals surface area (Å²) in [6.45, 7) is 6.11. The Bertz CT molecular complexity index is 505. The van der Waals surface area contributed by atoms with E-state index >= 15 is 0 Å². The van der Waals surface area contributed by atoms with Crippen molar-refractivity contribution >= 4 is 11.6 Å². The van der Waals surface area contributed by atoms with Gasteiger partial charge < -0.3 is 10.3 Å². The van der Waals surface area contributed by atoms with Crippen LogP contribution in [-0.4, -0.2) is 16.5 Å². The molecule has 0 saturated carbocycles. The normalized spacial score (nSPS) is 11.1. The van der Waals surface area contributed by atoms with Crippen molar-refractivity contribution in [2.24, 2.45) is 5.92 Å². The van der Waals surface area contributed by atoms with E-state index in [2.05, 4.69) is 29.1 Å². The minimum Gasteiger partial charge on any atom is -0.341 e. The van der Waals surface area contributed by atoms with Gasteiger partial charge in [-0.05, 0) is 18.5 Å². The first-order valence-corrected chi connectivity index (χ1v) is 6.54. The van der Waals surface area contributed by atoms with Crippen LogP contribution in [0.2, 0.25) is 5.02 Å². The first kappa shape index (κ1) is 13.1. The maximum absolute atomic E-state index is 6.15. The van der Waals surface area contributed by atoms with E-state index in [0.717, 1.165) is 35.2 Å². The SMILES string of the molecule is CC(C)CNCc1ncc(-c2ccccc2Cl)[nH]1. The maximum atomic E-state index is 6.15. The Morgan fingerprint density at radius 2 is 2.11 bits per heavy atom. The zero-order chi connectivity index (χ0) is 13.0. The van der Waals surface area contributed by atoms with Crippen molar-refractivity contribution in [2.45, 2.75) is 20.4 Å². The zero-order valence-corrected chi connectivity index (χ0v) is 11.5. The standard InChI is InChI=1S/C14H18ClN3/c1-10(2)7-16-9-14-17-8-13(18-14)11-5-3-4-6-12(11)15/h3-6,8,10,16H,7,9H2,1-2H3,(H,17,18). The molecule has 0 amide bonds. The predicted molar refractivity (Wildman–Crippen MR) is 75.6 cm³/mol. The van der Waals surface area contributed by atoms with E-state index in [1.165, 1.54) is 0 Å². The summed E-state index contributed by atoms with van der Waals surface area (Å²) in [6.07, 6.45) is 1.83. The molecule has 0 atom stereocenters. The van der Waals surface area contributed by atoms with Crippen molar-refractivity contribution in [1.29, 1.82) is 0 Å². The molecule has 18 heavy (non-hydrogen) atoms. The van der Waals surface area contributed by atoms with Gasteiger partial charge in [0.2, 0.25) is 0 Å². The largest absolute Gasteiger partial charge is 0.341 e. The summed E-state index contributed by atoms with van der Waals surface area (Å²) in [5, 5.41) is 4.09. The van der Waals surface area contributed by atoms with E-state index in [4.69, 9.17) is 11.6 Å². The van der Waals surface area contributed by atoms with Crippen LogP contribution in [0, 0.1) is 5.92 Å². The van der Waals surface area contributed by atoms with Gasteiger partial charge in [-0.1, -0.05) is 43.6 Å². The van der Waals surface area contributed by atoms with Crippen LogP contribution in [0.4, 0.5) is 0 Å². The van der Waals surface area contributed by atoms with Gasteiger partial charge in [-0.15, -0.1) is 0 Å². The maximum Gasteiger partial charge on any atom is 0.120 e. The molecule has 0 spiro atoms. The summed E-state index contributed by atoms with van der Waals surface area (Å²) in [4.78, 5) is 7.64. The van der Waals surface area contributed by atoms with E-state index in [9.17, 15) is 0 Å². The first-order chi connectivity index (χ1) is 8.66. The third-order valence-corrected chi connectivity index (χ3v) is 2.97. The van der Waals surface area contributed by atoms with Gasteiger partial charge in [0.1, 0.15) is 5.82 Å². The molecule has 0 aliphatic rings. The third-order valence-electron chi connectivity index (χ3n) is 2.64. The highest BCUT2D eigenvalue weighted by molar-refractivity contribution is 6.33. The van der Waals surface area contributed by atoms with Gasteiger partial charge in [0, 0.05) is 10.6 Å². The Hall–Kier alpha value is -1.32. The molecule has 4 heteroatoms. The lowest BCUT2D eigenvalue weighted by atomic mass is 10.2. The van der Waals surface area contributed by atoms with Crippen molar-refractivity contribution in [3.63, 3.8) is 0 Å². The molecule has 2 N–H and O–H groups in total. The van der Waals surface area contributed by atoms with Crippen LogP contribution in [0.3, 0.4) is 0 Å². The molecule has 0 radical (unpaired) electrons. The van der Waals surface area contributed by atoms with Gasteiger partial charge in [-0.25, -0.2) is 4.98 Å². The summed E-state index contributed by atoms with van der Waals surface area (Å²) in [5.74, 6) is 1.58. The van der Waals surface area contributed by atoms with Crippen LogP contribution in [0.1, 0.15) is 19.7 Å². The van der Waals surface area contributed by atoms with E-state index in [1.54, 1.807) is 0 Å². The number of aromatic amines is 1. The van der Waals surface area contributed by atoms with Crippen molar-refractivity contribution in [2.75, 3.05) is 6.54 Å². The lowest BCUT2D eigenvalue weighted by Gasteiger charge is -2.05. The van der Waals surface area contributed by atoms with E-state index in [-0.39, 0.29) is 0 Å². The molecule has 2 aromatic rings. The fraction of sp³-hybridized carbons (Fsp3) is 0.357. The van der Waals surface area contributed by atoms with Crippen molar-refractivity contribution < 1.29 is 0 Å².